The lowest BCUT2D eigenvalue weighted by molar-refractivity contribution is -0.118. The number of furan rings is 1. The van der Waals surface area contributed by atoms with Crippen molar-refractivity contribution in [1.29, 1.82) is 0 Å². The molecule has 0 aliphatic rings. The molecular formula is C16H20ClN3O4. The lowest BCUT2D eigenvalue weighted by atomic mass is 10.2. The number of halogens is 1. The number of anilines is 2. The Morgan fingerprint density at radius 3 is 2.54 bits per heavy atom. The summed E-state index contributed by atoms with van der Waals surface area (Å²) in [7, 11) is 1.51. The lowest BCUT2D eigenvalue weighted by Gasteiger charge is -2.13. The summed E-state index contributed by atoms with van der Waals surface area (Å²) in [4.78, 5) is 23.9. The summed E-state index contributed by atoms with van der Waals surface area (Å²) in [5.41, 5.74) is 7.05. The van der Waals surface area contributed by atoms with E-state index < -0.39 is 0 Å². The Kier molecular flexibility index (Phi) is 7.97. The van der Waals surface area contributed by atoms with Gasteiger partial charge in [0.05, 0.1) is 24.4 Å². The van der Waals surface area contributed by atoms with E-state index in [1.54, 1.807) is 30.3 Å². The molecule has 1 aromatic carbocycles. The molecular weight excluding hydrogens is 334 g/mol. The van der Waals surface area contributed by atoms with E-state index in [1.165, 1.54) is 19.6 Å². The number of hydrogen-bond acceptors (Lipinski definition) is 5. The van der Waals surface area contributed by atoms with Crippen molar-refractivity contribution in [1.82, 2.24) is 0 Å². The first kappa shape index (κ1) is 19.7. The first-order valence-corrected chi connectivity index (χ1v) is 7.08. The first-order valence-electron chi connectivity index (χ1n) is 7.08. The molecule has 1 heterocycles. The zero-order chi connectivity index (χ0) is 16.7. The van der Waals surface area contributed by atoms with Crippen molar-refractivity contribution in [3.8, 4) is 0 Å². The van der Waals surface area contributed by atoms with Crippen LogP contribution in [-0.2, 0) is 9.53 Å². The average Bonchev–Trinajstić information content (AvgIpc) is 3.07. The molecule has 1 atom stereocenters. The Hall–Kier alpha value is -2.35. The van der Waals surface area contributed by atoms with Crippen molar-refractivity contribution in [2.24, 2.45) is 5.73 Å². The molecule has 1 unspecified atom stereocenters. The van der Waals surface area contributed by atoms with Gasteiger partial charge in [0.2, 0.25) is 5.91 Å². The van der Waals surface area contributed by atoms with Gasteiger partial charge < -0.3 is 25.5 Å². The summed E-state index contributed by atoms with van der Waals surface area (Å²) in [5.74, 6) is -0.495. The van der Waals surface area contributed by atoms with E-state index in [1.807, 2.05) is 0 Å². The number of rotatable bonds is 7. The van der Waals surface area contributed by atoms with Crippen LogP contribution in [0.3, 0.4) is 0 Å². The Balaban J connectivity index is 0.00000288. The largest absolute Gasteiger partial charge is 0.472 e. The molecule has 2 amide bonds. The third-order valence-electron chi connectivity index (χ3n) is 3.20. The monoisotopic (exact) mass is 353 g/mol. The molecule has 0 bridgehead atoms. The van der Waals surface area contributed by atoms with Gasteiger partial charge in [-0.15, -0.1) is 12.4 Å². The molecule has 2 aromatic rings. The molecule has 130 valence electrons. The summed E-state index contributed by atoms with van der Waals surface area (Å²) >= 11 is 0. The Bertz CT molecular complexity index is 657. The van der Waals surface area contributed by atoms with Crippen LogP contribution >= 0.6 is 12.4 Å². The smallest absolute Gasteiger partial charge is 0.258 e. The van der Waals surface area contributed by atoms with Crippen molar-refractivity contribution in [3.63, 3.8) is 0 Å². The van der Waals surface area contributed by atoms with E-state index in [0.717, 1.165) is 0 Å². The third-order valence-corrected chi connectivity index (χ3v) is 3.20. The maximum atomic E-state index is 11.9. The predicted molar refractivity (Wildman–Crippen MR) is 93.4 cm³/mol. The summed E-state index contributed by atoms with van der Waals surface area (Å²) in [6.07, 6.45) is 2.63. The normalized spacial score (nSPS) is 11.2. The minimum atomic E-state index is -0.320. The van der Waals surface area contributed by atoms with Gasteiger partial charge in [0, 0.05) is 25.0 Å². The summed E-state index contributed by atoms with van der Waals surface area (Å²) in [5, 5.41) is 5.47. The van der Waals surface area contributed by atoms with Gasteiger partial charge in [-0.05, 0) is 24.3 Å². The molecule has 0 aliphatic carbocycles. The highest BCUT2D eigenvalue weighted by atomic mass is 35.5. The number of carbonyl (C=O) groups is 2. The van der Waals surface area contributed by atoms with E-state index in [9.17, 15) is 9.59 Å². The lowest BCUT2D eigenvalue weighted by Crippen LogP contribution is -2.28. The van der Waals surface area contributed by atoms with Gasteiger partial charge in [-0.3, -0.25) is 9.59 Å². The van der Waals surface area contributed by atoms with Gasteiger partial charge in [-0.25, -0.2) is 0 Å². The van der Waals surface area contributed by atoms with Crippen LogP contribution in [0.5, 0.6) is 0 Å². The van der Waals surface area contributed by atoms with Gasteiger partial charge in [-0.2, -0.15) is 0 Å². The van der Waals surface area contributed by atoms with Gasteiger partial charge in [0.15, 0.2) is 0 Å². The second kappa shape index (κ2) is 9.71. The molecule has 0 saturated carbocycles. The molecule has 1 aromatic heterocycles. The maximum absolute atomic E-state index is 11.9. The van der Waals surface area contributed by atoms with E-state index in [-0.39, 0.29) is 43.3 Å². The van der Waals surface area contributed by atoms with Crippen LogP contribution in [0, 0.1) is 0 Å². The van der Waals surface area contributed by atoms with E-state index in [0.29, 0.717) is 16.9 Å². The van der Waals surface area contributed by atoms with Crippen molar-refractivity contribution < 1.29 is 18.7 Å². The third kappa shape index (κ3) is 5.69. The molecule has 8 heteroatoms. The maximum Gasteiger partial charge on any atom is 0.258 e. The first-order chi connectivity index (χ1) is 11.1. The predicted octanol–water partition coefficient (Wildman–Crippen LogP) is 2.26. The second-order valence-electron chi connectivity index (χ2n) is 4.89. The molecule has 7 nitrogen and oxygen atoms in total. The number of nitrogens with two attached hydrogens (primary N) is 1. The SMILES string of the molecule is COC(CN)CC(=O)Nc1cccc(NC(=O)c2ccoc2)c1.Cl. The van der Waals surface area contributed by atoms with Gasteiger partial charge in [0.1, 0.15) is 6.26 Å². The molecule has 2 rings (SSSR count). The Morgan fingerprint density at radius 2 is 1.96 bits per heavy atom. The molecule has 24 heavy (non-hydrogen) atoms. The molecule has 0 fully saturated rings. The molecule has 0 spiro atoms. The van der Waals surface area contributed by atoms with Crippen molar-refractivity contribution in [3.05, 3.63) is 48.4 Å². The topological polar surface area (TPSA) is 107 Å². The number of ether oxygens (including phenoxy) is 1. The van der Waals surface area contributed by atoms with Crippen LogP contribution in [0.2, 0.25) is 0 Å². The van der Waals surface area contributed by atoms with E-state index >= 15 is 0 Å². The Morgan fingerprint density at radius 1 is 1.25 bits per heavy atom. The summed E-state index contributed by atoms with van der Waals surface area (Å²) in [6, 6.07) is 8.43. The highest BCUT2D eigenvalue weighted by Gasteiger charge is 2.12. The minimum absolute atomic E-state index is 0. The highest BCUT2D eigenvalue weighted by Crippen LogP contribution is 2.16. The van der Waals surface area contributed by atoms with Crippen LogP contribution in [0.25, 0.3) is 0 Å². The van der Waals surface area contributed by atoms with E-state index in [2.05, 4.69) is 10.6 Å². The Labute approximate surface area is 146 Å². The second-order valence-corrected chi connectivity index (χ2v) is 4.89. The molecule has 0 radical (unpaired) electrons. The summed E-state index contributed by atoms with van der Waals surface area (Å²) in [6.45, 7) is 0.269. The summed E-state index contributed by atoms with van der Waals surface area (Å²) < 4.78 is 9.94. The molecule has 4 N–H and O–H groups in total. The quantitative estimate of drug-likeness (QED) is 0.707. The number of hydrogen-bond donors (Lipinski definition) is 3. The van der Waals surface area contributed by atoms with Crippen LogP contribution < -0.4 is 16.4 Å². The molecule has 0 saturated heterocycles. The van der Waals surface area contributed by atoms with Gasteiger partial charge >= 0.3 is 0 Å². The standard InChI is InChI=1S/C16H19N3O4.ClH/c1-22-14(9-17)8-15(20)18-12-3-2-4-13(7-12)19-16(21)11-5-6-23-10-11;/h2-7,10,14H,8-9,17H2,1H3,(H,18,20)(H,19,21);1H. The average molecular weight is 354 g/mol. The van der Waals surface area contributed by atoms with Crippen molar-refractivity contribution >= 4 is 35.6 Å². The number of amides is 2. The molecule has 0 aliphatic heterocycles. The number of nitrogens with one attached hydrogen (secondary N) is 2. The number of methoxy groups -OCH3 is 1. The van der Waals surface area contributed by atoms with Gasteiger partial charge in [0.25, 0.3) is 5.91 Å². The fourth-order valence-corrected chi connectivity index (χ4v) is 1.95. The fraction of sp³-hybridized carbons (Fsp3) is 0.250. The van der Waals surface area contributed by atoms with E-state index in [4.69, 9.17) is 14.9 Å². The van der Waals surface area contributed by atoms with Crippen LogP contribution in [0.15, 0.2) is 47.3 Å². The highest BCUT2D eigenvalue weighted by molar-refractivity contribution is 6.04. The fourth-order valence-electron chi connectivity index (χ4n) is 1.95. The minimum Gasteiger partial charge on any atom is -0.472 e. The zero-order valence-corrected chi connectivity index (χ0v) is 14.0. The van der Waals surface area contributed by atoms with Crippen molar-refractivity contribution in [2.45, 2.75) is 12.5 Å². The van der Waals surface area contributed by atoms with Crippen molar-refractivity contribution in [2.75, 3.05) is 24.3 Å². The van der Waals surface area contributed by atoms with Crippen LogP contribution in [-0.4, -0.2) is 31.6 Å². The van der Waals surface area contributed by atoms with Crippen LogP contribution in [0.4, 0.5) is 11.4 Å². The number of carbonyl (C=O) groups excluding carboxylic acids is 2. The number of benzene rings is 1. The zero-order valence-electron chi connectivity index (χ0n) is 13.2. The van der Waals surface area contributed by atoms with Crippen LogP contribution in [0.1, 0.15) is 16.8 Å². The van der Waals surface area contributed by atoms with Gasteiger partial charge in [-0.1, -0.05) is 6.07 Å².